The summed E-state index contributed by atoms with van der Waals surface area (Å²) in [4.78, 5) is 38.1. The Morgan fingerprint density at radius 3 is 2.52 bits per heavy atom. The highest BCUT2D eigenvalue weighted by molar-refractivity contribution is 7.09. The van der Waals surface area contributed by atoms with Gasteiger partial charge in [-0.05, 0) is 18.4 Å². The van der Waals surface area contributed by atoms with E-state index < -0.39 is 17.4 Å². The Morgan fingerprint density at radius 2 is 2.00 bits per heavy atom. The quantitative estimate of drug-likeness (QED) is 0.801. The number of nitrogens with zero attached hydrogens (tertiary/aromatic N) is 1. The topological polar surface area (TPSA) is 75.7 Å². The van der Waals surface area contributed by atoms with Crippen LogP contribution in [0.15, 0.2) is 17.5 Å². The number of thiophene rings is 1. The smallest absolute Gasteiger partial charge is 0.328 e. The van der Waals surface area contributed by atoms with Crippen molar-refractivity contribution in [1.29, 1.82) is 0 Å². The van der Waals surface area contributed by atoms with E-state index in [1.807, 2.05) is 17.5 Å². The van der Waals surface area contributed by atoms with E-state index in [1.54, 1.807) is 39.2 Å². The van der Waals surface area contributed by atoms with Crippen molar-refractivity contribution < 1.29 is 19.1 Å². The lowest BCUT2D eigenvalue weighted by molar-refractivity contribution is -0.154. The third-order valence-electron chi connectivity index (χ3n) is 3.12. The maximum absolute atomic E-state index is 11.9. The summed E-state index contributed by atoms with van der Waals surface area (Å²) >= 11 is 1.56. The van der Waals surface area contributed by atoms with Crippen molar-refractivity contribution in [2.75, 3.05) is 13.7 Å². The summed E-state index contributed by atoms with van der Waals surface area (Å²) in [5, 5.41) is 4.51. The zero-order chi connectivity index (χ0) is 17.6. The molecule has 0 radical (unpaired) electrons. The number of carbonyl (C=O) groups excluding carboxylic acids is 3. The Hall–Kier alpha value is -1.89. The van der Waals surface area contributed by atoms with Crippen molar-refractivity contribution in [3.63, 3.8) is 0 Å². The van der Waals surface area contributed by atoms with Crippen LogP contribution in [0.25, 0.3) is 0 Å². The Balaban J connectivity index is 2.39. The van der Waals surface area contributed by atoms with Gasteiger partial charge in [0.05, 0.1) is 6.54 Å². The van der Waals surface area contributed by atoms with Gasteiger partial charge in [-0.3, -0.25) is 9.59 Å². The molecule has 1 aromatic heterocycles. The molecule has 128 valence electrons. The Bertz CT molecular complexity index is 549. The second kappa shape index (κ2) is 8.10. The number of esters is 1. The van der Waals surface area contributed by atoms with Crippen LogP contribution in [0.4, 0.5) is 0 Å². The maximum Gasteiger partial charge on any atom is 0.328 e. The van der Waals surface area contributed by atoms with Gasteiger partial charge in [0.1, 0.15) is 6.04 Å². The molecule has 23 heavy (non-hydrogen) atoms. The Labute approximate surface area is 140 Å². The number of hydrogen-bond acceptors (Lipinski definition) is 5. The number of hydrogen-bond donors (Lipinski definition) is 1. The van der Waals surface area contributed by atoms with Crippen LogP contribution in [-0.2, 0) is 25.7 Å². The predicted molar refractivity (Wildman–Crippen MR) is 88.8 cm³/mol. The van der Waals surface area contributed by atoms with E-state index in [0.29, 0.717) is 6.54 Å². The molecule has 0 fully saturated rings. The molecule has 1 aromatic rings. The van der Waals surface area contributed by atoms with Gasteiger partial charge < -0.3 is 15.0 Å². The molecule has 0 unspecified atom stereocenters. The number of likely N-dealkylation sites (N-methyl/N-ethyl adjacent to an activating group) is 1. The van der Waals surface area contributed by atoms with Crippen molar-refractivity contribution in [1.82, 2.24) is 10.2 Å². The van der Waals surface area contributed by atoms with Gasteiger partial charge in [0.15, 0.2) is 6.61 Å². The van der Waals surface area contributed by atoms with Crippen molar-refractivity contribution >= 4 is 29.1 Å². The van der Waals surface area contributed by atoms with Crippen LogP contribution in [0.2, 0.25) is 0 Å². The van der Waals surface area contributed by atoms with Gasteiger partial charge in [-0.25, -0.2) is 4.79 Å². The van der Waals surface area contributed by atoms with E-state index in [2.05, 4.69) is 5.32 Å². The molecule has 0 saturated heterocycles. The number of rotatable bonds is 6. The lowest BCUT2D eigenvalue weighted by Gasteiger charge is -2.21. The van der Waals surface area contributed by atoms with Gasteiger partial charge in [-0.1, -0.05) is 26.8 Å². The van der Waals surface area contributed by atoms with Crippen LogP contribution in [0.5, 0.6) is 0 Å². The normalized spacial score (nSPS) is 12.4. The van der Waals surface area contributed by atoms with Crippen LogP contribution < -0.4 is 5.32 Å². The monoisotopic (exact) mass is 340 g/mol. The van der Waals surface area contributed by atoms with Gasteiger partial charge in [-0.2, -0.15) is 0 Å². The molecular formula is C16H24N2O4S. The SMILES string of the molecule is C[C@H](NC(=O)C(C)(C)C)C(=O)OCC(=O)N(C)Cc1cccs1. The van der Waals surface area contributed by atoms with Crippen molar-refractivity contribution in [2.45, 2.75) is 40.3 Å². The van der Waals surface area contributed by atoms with E-state index in [1.165, 1.54) is 11.8 Å². The Morgan fingerprint density at radius 1 is 1.35 bits per heavy atom. The Kier molecular flexibility index (Phi) is 6.75. The summed E-state index contributed by atoms with van der Waals surface area (Å²) in [5.41, 5.74) is -0.592. The standard InChI is InChI=1S/C16H24N2O4S/c1-11(17-15(21)16(2,3)4)14(20)22-10-13(19)18(5)9-12-7-6-8-23-12/h6-8,11H,9-10H2,1-5H3,(H,17,21)/t11-/m0/s1. The molecule has 1 N–H and O–H groups in total. The van der Waals surface area contributed by atoms with Crippen LogP contribution in [0, 0.1) is 5.41 Å². The molecule has 0 spiro atoms. The zero-order valence-electron chi connectivity index (χ0n) is 14.2. The summed E-state index contributed by atoms with van der Waals surface area (Å²) < 4.78 is 4.98. The first-order valence-corrected chi connectivity index (χ1v) is 8.23. The third kappa shape index (κ3) is 6.40. The van der Waals surface area contributed by atoms with Crippen LogP contribution in [0.3, 0.4) is 0 Å². The van der Waals surface area contributed by atoms with E-state index in [4.69, 9.17) is 4.74 Å². The molecule has 2 amide bonds. The maximum atomic E-state index is 11.9. The third-order valence-corrected chi connectivity index (χ3v) is 3.98. The molecule has 1 rings (SSSR count). The molecule has 0 aliphatic carbocycles. The van der Waals surface area contributed by atoms with Gasteiger partial charge in [0, 0.05) is 17.3 Å². The molecule has 6 nitrogen and oxygen atoms in total. The van der Waals surface area contributed by atoms with Gasteiger partial charge >= 0.3 is 5.97 Å². The highest BCUT2D eigenvalue weighted by atomic mass is 32.1. The molecule has 0 aliphatic heterocycles. The van der Waals surface area contributed by atoms with Crippen LogP contribution in [-0.4, -0.2) is 42.4 Å². The average Bonchev–Trinajstić information content (AvgIpc) is 2.95. The summed E-state index contributed by atoms with van der Waals surface area (Å²) in [6.07, 6.45) is 0. The number of amides is 2. The van der Waals surface area contributed by atoms with E-state index in [0.717, 1.165) is 4.88 Å². The molecule has 0 saturated carbocycles. The first-order valence-electron chi connectivity index (χ1n) is 7.35. The highest BCUT2D eigenvalue weighted by Crippen LogP contribution is 2.13. The number of ether oxygens (including phenoxy) is 1. The minimum absolute atomic E-state index is 0.247. The minimum Gasteiger partial charge on any atom is -0.454 e. The lowest BCUT2D eigenvalue weighted by atomic mass is 9.95. The molecular weight excluding hydrogens is 316 g/mol. The summed E-state index contributed by atoms with van der Waals surface area (Å²) in [5.74, 6) is -1.16. The fourth-order valence-corrected chi connectivity index (χ4v) is 2.32. The zero-order valence-corrected chi connectivity index (χ0v) is 15.0. The highest BCUT2D eigenvalue weighted by Gasteiger charge is 2.26. The molecule has 0 aromatic carbocycles. The molecule has 0 aliphatic rings. The second-order valence-corrected chi connectivity index (χ2v) is 7.41. The minimum atomic E-state index is -0.794. The lowest BCUT2D eigenvalue weighted by Crippen LogP contribution is -2.45. The van der Waals surface area contributed by atoms with Crippen LogP contribution in [0.1, 0.15) is 32.6 Å². The van der Waals surface area contributed by atoms with Gasteiger partial charge in [-0.15, -0.1) is 11.3 Å². The van der Waals surface area contributed by atoms with E-state index in [-0.39, 0.29) is 18.4 Å². The molecule has 1 atom stereocenters. The average molecular weight is 340 g/mol. The summed E-state index contributed by atoms with van der Waals surface area (Å²) in [6.45, 7) is 6.93. The number of carbonyl (C=O) groups is 3. The second-order valence-electron chi connectivity index (χ2n) is 6.38. The first kappa shape index (κ1) is 19.2. The molecule has 0 bridgehead atoms. The van der Waals surface area contributed by atoms with Crippen LogP contribution >= 0.6 is 11.3 Å². The van der Waals surface area contributed by atoms with E-state index in [9.17, 15) is 14.4 Å². The first-order chi connectivity index (χ1) is 10.6. The van der Waals surface area contributed by atoms with Crippen molar-refractivity contribution in [2.24, 2.45) is 5.41 Å². The van der Waals surface area contributed by atoms with E-state index >= 15 is 0 Å². The van der Waals surface area contributed by atoms with Gasteiger partial charge in [0.2, 0.25) is 5.91 Å². The summed E-state index contributed by atoms with van der Waals surface area (Å²) in [6, 6.07) is 3.06. The molecule has 1 heterocycles. The fourth-order valence-electron chi connectivity index (χ4n) is 1.56. The van der Waals surface area contributed by atoms with Crippen molar-refractivity contribution in [3.05, 3.63) is 22.4 Å². The van der Waals surface area contributed by atoms with Crippen molar-refractivity contribution in [3.8, 4) is 0 Å². The predicted octanol–water partition coefficient (Wildman–Crippen LogP) is 1.80. The largest absolute Gasteiger partial charge is 0.454 e. The fraction of sp³-hybridized carbons (Fsp3) is 0.562. The molecule has 7 heteroatoms. The van der Waals surface area contributed by atoms with Gasteiger partial charge in [0.25, 0.3) is 5.91 Å². The summed E-state index contributed by atoms with van der Waals surface area (Å²) in [7, 11) is 1.65. The number of nitrogens with one attached hydrogen (secondary N) is 1.